The molecule has 0 saturated carbocycles. The van der Waals surface area contributed by atoms with Gasteiger partial charge in [0.1, 0.15) is 0 Å². The van der Waals surface area contributed by atoms with E-state index in [4.69, 9.17) is 17.0 Å². The van der Waals surface area contributed by atoms with Gasteiger partial charge in [0.2, 0.25) is 0 Å². The van der Waals surface area contributed by atoms with Gasteiger partial charge in [-0.15, -0.1) is 0 Å². The van der Waals surface area contributed by atoms with Gasteiger partial charge >= 0.3 is 0 Å². The van der Waals surface area contributed by atoms with Crippen LogP contribution in [0.25, 0.3) is 11.4 Å². The topological polar surface area (TPSA) is 55.7 Å². The van der Waals surface area contributed by atoms with Crippen LogP contribution in [0.2, 0.25) is 0 Å². The van der Waals surface area contributed by atoms with Gasteiger partial charge in [0.25, 0.3) is 0 Å². The van der Waals surface area contributed by atoms with Crippen molar-refractivity contribution < 1.29 is 4.74 Å². The van der Waals surface area contributed by atoms with Crippen LogP contribution in [0, 0.1) is 4.77 Å². The summed E-state index contributed by atoms with van der Waals surface area (Å²) in [5.41, 5.74) is 0.674. The summed E-state index contributed by atoms with van der Waals surface area (Å²) in [6, 6.07) is 3.81. The van der Waals surface area contributed by atoms with Crippen LogP contribution in [0.3, 0.4) is 0 Å². The van der Waals surface area contributed by atoms with Crippen molar-refractivity contribution in [2.75, 3.05) is 7.11 Å². The zero-order valence-electron chi connectivity index (χ0n) is 10.7. The van der Waals surface area contributed by atoms with Crippen molar-refractivity contribution >= 4 is 12.2 Å². The molecule has 0 bridgehead atoms. The smallest absolute Gasteiger partial charge is 0.195 e. The summed E-state index contributed by atoms with van der Waals surface area (Å²) in [6.07, 6.45) is 3.47. The number of pyridine rings is 1. The van der Waals surface area contributed by atoms with E-state index >= 15 is 0 Å². The second-order valence-electron chi connectivity index (χ2n) is 4.64. The first kappa shape index (κ1) is 12.9. The second-order valence-corrected chi connectivity index (χ2v) is 5.02. The Hall–Kier alpha value is -1.53. The molecule has 0 unspecified atom stereocenters. The number of H-pyrrole nitrogens is 1. The Morgan fingerprint density at radius 3 is 2.67 bits per heavy atom. The number of methoxy groups -OCH3 is 1. The van der Waals surface area contributed by atoms with E-state index in [2.05, 4.69) is 15.2 Å². The molecule has 0 radical (unpaired) electrons. The Kier molecular flexibility index (Phi) is 3.58. The molecule has 0 spiro atoms. The number of nitrogens with zero attached hydrogens (tertiary/aromatic N) is 3. The lowest BCUT2D eigenvalue weighted by Crippen LogP contribution is -2.29. The molecular formula is C12H16N4OS. The van der Waals surface area contributed by atoms with E-state index in [-0.39, 0.29) is 5.60 Å². The van der Waals surface area contributed by atoms with Crippen molar-refractivity contribution in [3.8, 4) is 11.4 Å². The Bertz CT molecular complexity index is 573. The normalized spacial score (nSPS) is 11.7. The van der Waals surface area contributed by atoms with Gasteiger partial charge in [-0.2, -0.15) is 5.10 Å². The largest absolute Gasteiger partial charge is 0.377 e. The average Bonchev–Trinajstić information content (AvgIpc) is 2.72. The lowest BCUT2D eigenvalue weighted by atomic mass is 10.1. The molecule has 6 heteroatoms. The number of aromatic amines is 1. The highest BCUT2D eigenvalue weighted by Gasteiger charge is 2.20. The molecule has 0 saturated heterocycles. The summed E-state index contributed by atoms with van der Waals surface area (Å²) < 4.78 is 7.96. The van der Waals surface area contributed by atoms with Crippen molar-refractivity contribution in [2.45, 2.75) is 26.0 Å². The van der Waals surface area contributed by atoms with Crippen molar-refractivity contribution in [3.05, 3.63) is 29.3 Å². The molecule has 0 aliphatic rings. The fraction of sp³-hybridized carbons (Fsp3) is 0.417. The number of nitrogens with one attached hydrogen (secondary N) is 1. The quantitative estimate of drug-likeness (QED) is 0.862. The maximum Gasteiger partial charge on any atom is 0.195 e. The SMILES string of the molecule is COC(C)(C)Cn1c(-c2ccncc2)n[nH]c1=S. The molecule has 2 aromatic rings. The van der Waals surface area contributed by atoms with Crippen LogP contribution in [0.5, 0.6) is 0 Å². The highest BCUT2D eigenvalue weighted by molar-refractivity contribution is 7.71. The molecule has 1 N–H and O–H groups in total. The van der Waals surface area contributed by atoms with Gasteiger partial charge in [-0.3, -0.25) is 14.6 Å². The van der Waals surface area contributed by atoms with Crippen LogP contribution < -0.4 is 0 Å². The van der Waals surface area contributed by atoms with Gasteiger partial charge in [0.05, 0.1) is 12.1 Å². The van der Waals surface area contributed by atoms with Crippen molar-refractivity contribution in [1.82, 2.24) is 19.7 Å². The van der Waals surface area contributed by atoms with E-state index in [0.29, 0.717) is 11.3 Å². The molecule has 96 valence electrons. The predicted octanol–water partition coefficient (Wildman–Crippen LogP) is 2.43. The molecule has 0 fully saturated rings. The minimum absolute atomic E-state index is 0.302. The highest BCUT2D eigenvalue weighted by atomic mass is 32.1. The Balaban J connectivity index is 2.43. The molecule has 0 atom stereocenters. The van der Waals surface area contributed by atoms with Crippen molar-refractivity contribution in [1.29, 1.82) is 0 Å². The molecule has 2 rings (SSSR count). The maximum absolute atomic E-state index is 5.44. The van der Waals surface area contributed by atoms with Gasteiger partial charge in [-0.05, 0) is 38.2 Å². The summed E-state index contributed by atoms with van der Waals surface area (Å²) in [5.74, 6) is 0.799. The first-order valence-corrected chi connectivity index (χ1v) is 6.05. The summed E-state index contributed by atoms with van der Waals surface area (Å²) in [7, 11) is 1.69. The van der Waals surface area contributed by atoms with Gasteiger partial charge in [-0.1, -0.05) is 0 Å². The van der Waals surface area contributed by atoms with Crippen LogP contribution in [0.4, 0.5) is 0 Å². The molecular weight excluding hydrogens is 248 g/mol. The van der Waals surface area contributed by atoms with Gasteiger partial charge in [0.15, 0.2) is 10.6 Å². The number of hydrogen-bond acceptors (Lipinski definition) is 4. The standard InChI is InChI=1S/C12H16N4OS/c1-12(2,17-3)8-16-10(14-15-11(16)18)9-4-6-13-7-5-9/h4-7H,8H2,1-3H3,(H,15,18). The van der Waals surface area contributed by atoms with E-state index in [0.717, 1.165) is 11.4 Å². The van der Waals surface area contributed by atoms with Gasteiger partial charge in [0, 0.05) is 25.1 Å². The molecule has 0 amide bonds. The van der Waals surface area contributed by atoms with Gasteiger partial charge in [-0.25, -0.2) is 0 Å². The monoisotopic (exact) mass is 264 g/mol. The number of aromatic nitrogens is 4. The van der Waals surface area contributed by atoms with E-state index in [1.54, 1.807) is 19.5 Å². The molecule has 0 aliphatic carbocycles. The first-order valence-electron chi connectivity index (χ1n) is 5.64. The van der Waals surface area contributed by atoms with Crippen molar-refractivity contribution in [2.24, 2.45) is 0 Å². The van der Waals surface area contributed by atoms with Crippen LogP contribution in [0.15, 0.2) is 24.5 Å². The lowest BCUT2D eigenvalue weighted by molar-refractivity contribution is 0.00814. The third kappa shape index (κ3) is 2.65. The zero-order chi connectivity index (χ0) is 13.2. The Morgan fingerprint density at radius 2 is 2.06 bits per heavy atom. The summed E-state index contributed by atoms with van der Waals surface area (Å²) >= 11 is 5.26. The van der Waals surface area contributed by atoms with Crippen molar-refractivity contribution in [3.63, 3.8) is 0 Å². The Labute approximate surface area is 111 Å². The third-order valence-electron chi connectivity index (χ3n) is 2.79. The van der Waals surface area contributed by atoms with Gasteiger partial charge < -0.3 is 4.74 Å². The van der Waals surface area contributed by atoms with Crippen LogP contribution in [0.1, 0.15) is 13.8 Å². The minimum Gasteiger partial charge on any atom is -0.377 e. The third-order valence-corrected chi connectivity index (χ3v) is 3.10. The summed E-state index contributed by atoms with van der Waals surface area (Å²) in [6.45, 7) is 4.66. The maximum atomic E-state index is 5.44. The Morgan fingerprint density at radius 1 is 1.39 bits per heavy atom. The number of rotatable bonds is 4. The van der Waals surface area contributed by atoms with E-state index in [1.165, 1.54) is 0 Å². The molecule has 0 aliphatic heterocycles. The lowest BCUT2D eigenvalue weighted by Gasteiger charge is -2.23. The molecule has 0 aromatic carbocycles. The zero-order valence-corrected chi connectivity index (χ0v) is 11.5. The minimum atomic E-state index is -0.302. The number of ether oxygens (including phenoxy) is 1. The van der Waals surface area contributed by atoms with Crippen LogP contribution in [-0.2, 0) is 11.3 Å². The van der Waals surface area contributed by atoms with E-state index in [9.17, 15) is 0 Å². The molecule has 5 nitrogen and oxygen atoms in total. The van der Waals surface area contributed by atoms with E-state index in [1.807, 2.05) is 30.5 Å². The fourth-order valence-electron chi connectivity index (χ4n) is 1.63. The average molecular weight is 264 g/mol. The fourth-order valence-corrected chi connectivity index (χ4v) is 1.83. The summed E-state index contributed by atoms with van der Waals surface area (Å²) in [5, 5.41) is 7.09. The van der Waals surface area contributed by atoms with Crippen LogP contribution >= 0.6 is 12.2 Å². The second kappa shape index (κ2) is 4.99. The molecule has 2 aromatic heterocycles. The predicted molar refractivity (Wildman–Crippen MR) is 71.7 cm³/mol. The van der Waals surface area contributed by atoms with E-state index < -0.39 is 0 Å². The number of hydrogen-bond donors (Lipinski definition) is 1. The summed E-state index contributed by atoms with van der Waals surface area (Å²) in [4.78, 5) is 4.00. The molecule has 18 heavy (non-hydrogen) atoms. The molecule has 2 heterocycles. The highest BCUT2D eigenvalue weighted by Crippen LogP contribution is 2.19. The van der Waals surface area contributed by atoms with Crippen LogP contribution in [-0.4, -0.2) is 32.5 Å². The first-order chi connectivity index (χ1) is 8.53.